The van der Waals surface area contributed by atoms with Gasteiger partial charge >= 0.3 is 0 Å². The van der Waals surface area contributed by atoms with Crippen molar-refractivity contribution < 1.29 is 0 Å². The van der Waals surface area contributed by atoms with E-state index in [0.717, 1.165) is 85.1 Å². The predicted molar refractivity (Wildman–Crippen MR) is 522 cm³/mol. The van der Waals surface area contributed by atoms with Crippen LogP contribution in [0.3, 0.4) is 0 Å². The monoisotopic (exact) mass is 1590 g/mol. The largest absolute Gasteiger partial charge is 0.311 e. The van der Waals surface area contributed by atoms with E-state index < -0.39 is 0 Å². The molecule has 0 aliphatic rings. The van der Waals surface area contributed by atoms with Gasteiger partial charge in [0, 0.05) is 142 Å². The Hall–Kier alpha value is -15.6. The molecule has 8 heteroatoms. The van der Waals surface area contributed by atoms with E-state index in [4.69, 9.17) is 0 Å². The molecule has 0 N–H and O–H groups in total. The molecule has 6 nitrogen and oxygen atoms in total. The molecule has 19 aromatic carbocycles. The molecule has 23 aromatic rings. The summed E-state index contributed by atoms with van der Waals surface area (Å²) in [5.41, 5.74) is 27.6. The van der Waals surface area contributed by atoms with E-state index in [9.17, 15) is 0 Å². The minimum Gasteiger partial charge on any atom is -0.311 e. The topological polar surface area (TPSA) is 22.8 Å². The number of hydrogen-bond acceptors (Lipinski definition) is 6. The highest BCUT2D eigenvalue weighted by Crippen LogP contribution is 2.51. The van der Waals surface area contributed by atoms with Gasteiger partial charge in [-0.2, -0.15) is 0 Å². The lowest BCUT2D eigenvalue weighted by atomic mass is 10.00. The summed E-state index contributed by atoms with van der Waals surface area (Å²) >= 11 is 3.80. The number of benzene rings is 19. The fraction of sp³-hybridized carbons (Fsp3) is 0. The molecule has 576 valence electrons. The van der Waals surface area contributed by atoms with Gasteiger partial charge in [-0.1, -0.05) is 279 Å². The Kier molecular flexibility index (Phi) is 18.9. The van der Waals surface area contributed by atoms with E-state index in [-0.39, 0.29) is 0 Å². The summed E-state index contributed by atoms with van der Waals surface area (Å²) in [6, 6.07) is 171. The Labute approximate surface area is 716 Å². The van der Waals surface area contributed by atoms with Crippen LogP contribution in [0, 0.1) is 0 Å². The number of hydrogen-bond donors (Lipinski definition) is 0. The zero-order chi connectivity index (χ0) is 80.8. The third-order valence-corrected chi connectivity index (χ3v) is 26.0. The molecule has 0 saturated heterocycles. The molecule has 4 heterocycles. The summed E-state index contributed by atoms with van der Waals surface area (Å²) < 4.78 is 10.1. The number of anilines is 12. The van der Waals surface area contributed by atoms with Gasteiger partial charge in [-0.25, -0.2) is 0 Å². The molecule has 0 fully saturated rings. The summed E-state index contributed by atoms with van der Waals surface area (Å²) in [5, 5.41) is 10.1. The fourth-order valence-electron chi connectivity index (χ4n) is 17.9. The van der Waals surface area contributed by atoms with Crippen LogP contribution >= 0.6 is 22.7 Å². The van der Waals surface area contributed by atoms with Crippen LogP contribution in [-0.4, -0.2) is 9.13 Å². The maximum absolute atomic E-state index is 2.46. The molecule has 0 bridgehead atoms. The molecule has 0 aliphatic carbocycles. The molecule has 0 aliphatic heterocycles. The Balaban J connectivity index is 0.000000146. The van der Waals surface area contributed by atoms with Crippen molar-refractivity contribution >= 4 is 175 Å². The molecular formula is C114H78N6S2. The van der Waals surface area contributed by atoms with Crippen LogP contribution in [0.5, 0.6) is 0 Å². The summed E-state index contributed by atoms with van der Waals surface area (Å²) in [7, 11) is 0. The first-order valence-corrected chi connectivity index (χ1v) is 43.1. The summed E-state index contributed by atoms with van der Waals surface area (Å²) in [5.74, 6) is 0. The lowest BCUT2D eigenvalue weighted by Crippen LogP contribution is -2.10. The van der Waals surface area contributed by atoms with Gasteiger partial charge in [0.1, 0.15) is 0 Å². The third kappa shape index (κ3) is 13.3. The van der Waals surface area contributed by atoms with Gasteiger partial charge in [0.15, 0.2) is 0 Å². The smallest absolute Gasteiger partial charge is 0.0555 e. The summed E-state index contributed by atoms with van der Waals surface area (Å²) in [6.45, 7) is 0. The minimum atomic E-state index is 1.09. The van der Waals surface area contributed by atoms with Crippen molar-refractivity contribution in [3.63, 3.8) is 0 Å². The van der Waals surface area contributed by atoms with Crippen LogP contribution in [0.15, 0.2) is 473 Å². The van der Waals surface area contributed by atoms with Crippen LogP contribution in [-0.2, 0) is 0 Å². The number of para-hydroxylation sites is 7. The van der Waals surface area contributed by atoms with Crippen molar-refractivity contribution in [2.45, 2.75) is 0 Å². The van der Waals surface area contributed by atoms with Gasteiger partial charge in [0.25, 0.3) is 0 Å². The van der Waals surface area contributed by atoms with Gasteiger partial charge in [0.2, 0.25) is 0 Å². The molecule has 0 atom stereocenters. The maximum atomic E-state index is 2.46. The van der Waals surface area contributed by atoms with Gasteiger partial charge in [-0.15, -0.1) is 22.7 Å². The Bertz CT molecular complexity index is 7580. The second-order valence-electron chi connectivity index (χ2n) is 30.7. The first kappa shape index (κ1) is 72.8. The standard InChI is InChI=1S/C60H41N3S.C54H37N3S/c1-5-16-42(17-6-1)43-28-30-44(31-29-43)45-32-34-49(35-33-45)62(48-22-11-4-12-23-48)52-36-38-56-55(41-52)59-57(39-37-54-53-26-13-14-27-58(53)64-60(54)59)63(56)51-25-15-24-50(40-51)61(46-18-7-2-8-19-46)47-20-9-3-10-21-47;1-6-17-38(18-7-1)46-27-16-28-47-48-34-36-51-52(54(48)58-53(46)47)49-37-45(56(41-23-12-4-13-24-41)42-25-14-5-15-26-42)33-35-50(49)57(51)44-31-29-43(30-32-44)55(39-19-8-2-9-20-39)40-21-10-3-11-22-40/h1-41H;1-37H. The molecule has 0 unspecified atom stereocenters. The molecule has 23 rings (SSSR count). The zero-order valence-corrected chi connectivity index (χ0v) is 68.2. The fourth-order valence-corrected chi connectivity index (χ4v) is 20.6. The Morgan fingerprint density at radius 3 is 0.910 bits per heavy atom. The molecule has 0 saturated carbocycles. The van der Waals surface area contributed by atoms with Crippen LogP contribution in [0.4, 0.5) is 68.2 Å². The zero-order valence-electron chi connectivity index (χ0n) is 66.5. The number of fused-ring (bicyclic) bond motifs is 14. The van der Waals surface area contributed by atoms with Crippen molar-refractivity contribution in [3.8, 4) is 44.8 Å². The maximum Gasteiger partial charge on any atom is 0.0555 e. The number of thiophene rings is 2. The van der Waals surface area contributed by atoms with E-state index in [1.807, 2.05) is 22.7 Å². The highest BCUT2D eigenvalue weighted by molar-refractivity contribution is 7.27. The molecule has 0 spiro atoms. The van der Waals surface area contributed by atoms with Crippen molar-refractivity contribution in [3.05, 3.63) is 473 Å². The minimum absolute atomic E-state index is 1.09. The second-order valence-corrected chi connectivity index (χ2v) is 32.8. The second kappa shape index (κ2) is 31.7. The molecule has 0 radical (unpaired) electrons. The first-order valence-electron chi connectivity index (χ1n) is 41.4. The van der Waals surface area contributed by atoms with Gasteiger partial charge in [-0.05, 0) is 228 Å². The van der Waals surface area contributed by atoms with Crippen LogP contribution in [0.1, 0.15) is 0 Å². The SMILES string of the molecule is c1ccc(-c2ccc(-c3ccc(N(c4ccccc4)c4ccc5c(c4)c4c6sc7ccccc7c6ccc4n5-c4cccc(N(c5ccccc5)c5ccccc5)c4)cc3)cc2)cc1.c1ccc(-c2cccc3c2sc2c3ccc3c2c2cc(N(c4ccccc4)c4ccccc4)ccc2n3-c2ccc(N(c3ccccc3)c3ccccc3)cc2)cc1. The normalized spacial score (nSPS) is 11.4. The van der Waals surface area contributed by atoms with E-state index >= 15 is 0 Å². The van der Waals surface area contributed by atoms with Crippen molar-refractivity contribution in [1.29, 1.82) is 0 Å². The van der Waals surface area contributed by atoms with Crippen molar-refractivity contribution in [2.24, 2.45) is 0 Å². The Morgan fingerprint density at radius 2 is 0.459 bits per heavy atom. The molecule has 122 heavy (non-hydrogen) atoms. The van der Waals surface area contributed by atoms with Crippen molar-refractivity contribution in [1.82, 2.24) is 9.13 Å². The molecular weight excluding hydrogens is 1520 g/mol. The highest BCUT2D eigenvalue weighted by atomic mass is 32.1. The number of aromatic nitrogens is 2. The highest BCUT2D eigenvalue weighted by Gasteiger charge is 2.26. The van der Waals surface area contributed by atoms with Crippen LogP contribution < -0.4 is 19.6 Å². The Morgan fingerprint density at radius 1 is 0.164 bits per heavy atom. The van der Waals surface area contributed by atoms with Gasteiger partial charge in [-0.3, -0.25) is 0 Å². The first-order chi connectivity index (χ1) is 60.5. The van der Waals surface area contributed by atoms with Gasteiger partial charge in [0.05, 0.1) is 22.1 Å². The molecule has 0 amide bonds. The summed E-state index contributed by atoms with van der Waals surface area (Å²) in [6.07, 6.45) is 0. The van der Waals surface area contributed by atoms with E-state index in [1.165, 1.54) is 112 Å². The lowest BCUT2D eigenvalue weighted by molar-refractivity contribution is 1.17. The summed E-state index contributed by atoms with van der Waals surface area (Å²) in [4.78, 5) is 9.39. The van der Waals surface area contributed by atoms with E-state index in [2.05, 4.69) is 502 Å². The quantitative estimate of drug-likeness (QED) is 0.0906. The van der Waals surface area contributed by atoms with Crippen LogP contribution in [0.2, 0.25) is 0 Å². The number of nitrogens with zero attached hydrogens (tertiary/aromatic N) is 6. The van der Waals surface area contributed by atoms with E-state index in [1.54, 1.807) is 0 Å². The van der Waals surface area contributed by atoms with Gasteiger partial charge < -0.3 is 28.7 Å². The average molecular weight is 1600 g/mol. The van der Waals surface area contributed by atoms with Crippen molar-refractivity contribution in [2.75, 3.05) is 19.6 Å². The third-order valence-electron chi connectivity index (χ3n) is 23.5. The predicted octanol–water partition coefficient (Wildman–Crippen LogP) is 33.2. The average Bonchev–Trinajstić information content (AvgIpc) is 1.56. The van der Waals surface area contributed by atoms with E-state index in [0.29, 0.717) is 0 Å². The molecule has 4 aromatic heterocycles. The van der Waals surface area contributed by atoms with Crippen LogP contribution in [0.25, 0.3) is 129 Å². The lowest BCUT2D eigenvalue weighted by Gasteiger charge is -2.26. The number of rotatable bonds is 17.